The number of nitrogens with two attached hydrogens (primary N) is 1. The first-order valence-electron chi connectivity index (χ1n) is 6.97. The van der Waals surface area contributed by atoms with Crippen molar-refractivity contribution in [2.75, 3.05) is 18.9 Å². The lowest BCUT2D eigenvalue weighted by molar-refractivity contribution is 0.216. The first-order valence-corrected chi connectivity index (χ1v) is 7.35. The second kappa shape index (κ2) is 7.23. The molecule has 0 atom stereocenters. The lowest BCUT2D eigenvalue weighted by atomic mass is 10.0. The largest absolute Gasteiger partial charge is 0.490 e. The molecule has 21 heavy (non-hydrogen) atoms. The summed E-state index contributed by atoms with van der Waals surface area (Å²) in [6, 6.07) is 13.2. The molecule has 0 saturated carbocycles. The monoisotopic (exact) mass is 305 g/mol. The third kappa shape index (κ3) is 4.30. The summed E-state index contributed by atoms with van der Waals surface area (Å²) in [7, 11) is 0. The lowest BCUT2D eigenvalue weighted by Gasteiger charge is -2.14. The number of benzene rings is 2. The molecule has 2 rings (SSSR count). The van der Waals surface area contributed by atoms with Crippen molar-refractivity contribution in [1.29, 1.82) is 0 Å². The summed E-state index contributed by atoms with van der Waals surface area (Å²) in [5.41, 5.74) is 7.56. The quantitative estimate of drug-likeness (QED) is 0.631. The normalized spacial score (nSPS) is 10.7. The van der Waals surface area contributed by atoms with Gasteiger partial charge in [-0.05, 0) is 35.7 Å². The Labute approximate surface area is 130 Å². The minimum absolute atomic E-state index is 0.425. The van der Waals surface area contributed by atoms with E-state index in [0.29, 0.717) is 35.6 Å². The Hall–Kier alpha value is -1.87. The van der Waals surface area contributed by atoms with E-state index in [1.165, 1.54) is 5.56 Å². The summed E-state index contributed by atoms with van der Waals surface area (Å²) in [4.78, 5) is 0. The second-order valence-corrected chi connectivity index (χ2v) is 5.51. The van der Waals surface area contributed by atoms with Crippen LogP contribution in [-0.4, -0.2) is 13.2 Å². The summed E-state index contributed by atoms with van der Waals surface area (Å²) in [5, 5.41) is 0.599. The minimum Gasteiger partial charge on any atom is -0.490 e. The molecule has 0 aliphatic carbocycles. The summed E-state index contributed by atoms with van der Waals surface area (Å²) in [6.07, 6.45) is 0. The molecule has 3 nitrogen and oxygen atoms in total. The number of halogens is 1. The van der Waals surface area contributed by atoms with E-state index in [1.54, 1.807) is 18.2 Å². The number of rotatable bonds is 6. The third-order valence-electron chi connectivity index (χ3n) is 3.11. The fourth-order valence-corrected chi connectivity index (χ4v) is 2.22. The summed E-state index contributed by atoms with van der Waals surface area (Å²) >= 11 is 5.85. The molecule has 2 aromatic rings. The SMILES string of the molecule is CC(C)c1ccccc1OCCOc1ccc(Cl)cc1N. The van der Waals surface area contributed by atoms with E-state index >= 15 is 0 Å². The minimum atomic E-state index is 0.425. The average molecular weight is 306 g/mol. The summed E-state index contributed by atoms with van der Waals surface area (Å²) in [5.74, 6) is 1.95. The molecule has 0 spiro atoms. The van der Waals surface area contributed by atoms with Gasteiger partial charge < -0.3 is 15.2 Å². The highest BCUT2D eigenvalue weighted by Crippen LogP contribution is 2.26. The number of ether oxygens (including phenoxy) is 2. The molecule has 2 N–H and O–H groups in total. The van der Waals surface area contributed by atoms with Crippen LogP contribution in [0.25, 0.3) is 0 Å². The van der Waals surface area contributed by atoms with Gasteiger partial charge in [-0.2, -0.15) is 0 Å². The Morgan fingerprint density at radius 1 is 1.00 bits per heavy atom. The van der Waals surface area contributed by atoms with Crippen LogP contribution in [0, 0.1) is 0 Å². The van der Waals surface area contributed by atoms with Crippen LogP contribution in [0.15, 0.2) is 42.5 Å². The van der Waals surface area contributed by atoms with E-state index < -0.39 is 0 Å². The molecular formula is C17H20ClNO2. The Bertz CT molecular complexity index is 599. The van der Waals surface area contributed by atoms with Crippen LogP contribution in [0.5, 0.6) is 11.5 Å². The van der Waals surface area contributed by atoms with Crippen molar-refractivity contribution in [3.63, 3.8) is 0 Å². The highest BCUT2D eigenvalue weighted by Gasteiger charge is 2.07. The van der Waals surface area contributed by atoms with Crippen LogP contribution >= 0.6 is 11.6 Å². The van der Waals surface area contributed by atoms with Crippen LogP contribution < -0.4 is 15.2 Å². The standard InChI is InChI=1S/C17H20ClNO2/c1-12(2)14-5-3-4-6-16(14)20-9-10-21-17-8-7-13(18)11-15(17)19/h3-8,11-12H,9-10,19H2,1-2H3. The predicted molar refractivity (Wildman–Crippen MR) is 87.4 cm³/mol. The molecule has 4 heteroatoms. The topological polar surface area (TPSA) is 44.5 Å². The number of hydrogen-bond donors (Lipinski definition) is 1. The maximum atomic E-state index is 5.85. The number of nitrogen functional groups attached to an aromatic ring is 1. The first-order chi connectivity index (χ1) is 10.1. The molecule has 0 saturated heterocycles. The highest BCUT2D eigenvalue weighted by atomic mass is 35.5. The Balaban J connectivity index is 1.88. The Morgan fingerprint density at radius 2 is 1.67 bits per heavy atom. The van der Waals surface area contributed by atoms with Gasteiger partial charge in [0, 0.05) is 5.02 Å². The van der Waals surface area contributed by atoms with Gasteiger partial charge in [-0.25, -0.2) is 0 Å². The molecule has 0 amide bonds. The van der Waals surface area contributed by atoms with Gasteiger partial charge >= 0.3 is 0 Å². The predicted octanol–water partition coefficient (Wildman–Crippen LogP) is 4.50. The van der Waals surface area contributed by atoms with E-state index in [9.17, 15) is 0 Å². The maximum absolute atomic E-state index is 5.85. The molecular weight excluding hydrogens is 286 g/mol. The van der Waals surface area contributed by atoms with Crippen molar-refractivity contribution >= 4 is 17.3 Å². The zero-order chi connectivity index (χ0) is 15.2. The van der Waals surface area contributed by atoms with Crippen molar-refractivity contribution in [3.05, 3.63) is 53.1 Å². The van der Waals surface area contributed by atoms with E-state index in [-0.39, 0.29) is 0 Å². The van der Waals surface area contributed by atoms with E-state index in [2.05, 4.69) is 19.9 Å². The molecule has 2 aromatic carbocycles. The second-order valence-electron chi connectivity index (χ2n) is 5.07. The van der Waals surface area contributed by atoms with Gasteiger partial charge in [0.25, 0.3) is 0 Å². The van der Waals surface area contributed by atoms with Crippen molar-refractivity contribution < 1.29 is 9.47 Å². The number of anilines is 1. The fraction of sp³-hybridized carbons (Fsp3) is 0.294. The van der Waals surface area contributed by atoms with Crippen molar-refractivity contribution in [2.45, 2.75) is 19.8 Å². The Morgan fingerprint density at radius 3 is 2.33 bits per heavy atom. The van der Waals surface area contributed by atoms with Crippen LogP contribution in [-0.2, 0) is 0 Å². The van der Waals surface area contributed by atoms with E-state index in [0.717, 1.165) is 5.75 Å². The van der Waals surface area contributed by atoms with Crippen molar-refractivity contribution in [3.8, 4) is 11.5 Å². The lowest BCUT2D eigenvalue weighted by Crippen LogP contribution is -2.11. The van der Waals surface area contributed by atoms with Gasteiger partial charge in [0.15, 0.2) is 0 Å². The molecule has 0 fully saturated rings. The molecule has 0 aliphatic rings. The molecule has 112 valence electrons. The summed E-state index contributed by atoms with van der Waals surface area (Å²) in [6.45, 7) is 5.18. The van der Waals surface area contributed by atoms with Crippen LogP contribution in [0.2, 0.25) is 5.02 Å². The van der Waals surface area contributed by atoms with Gasteiger partial charge in [0.05, 0.1) is 5.69 Å². The number of hydrogen-bond acceptors (Lipinski definition) is 3. The van der Waals surface area contributed by atoms with E-state index in [4.69, 9.17) is 26.8 Å². The van der Waals surface area contributed by atoms with Crippen LogP contribution in [0.1, 0.15) is 25.3 Å². The third-order valence-corrected chi connectivity index (χ3v) is 3.35. The summed E-state index contributed by atoms with van der Waals surface area (Å²) < 4.78 is 11.4. The van der Waals surface area contributed by atoms with Crippen LogP contribution in [0.3, 0.4) is 0 Å². The van der Waals surface area contributed by atoms with Crippen molar-refractivity contribution in [2.24, 2.45) is 0 Å². The van der Waals surface area contributed by atoms with Crippen molar-refractivity contribution in [1.82, 2.24) is 0 Å². The van der Waals surface area contributed by atoms with Gasteiger partial charge in [-0.1, -0.05) is 43.6 Å². The Kier molecular flexibility index (Phi) is 5.34. The van der Waals surface area contributed by atoms with Gasteiger partial charge in [0.2, 0.25) is 0 Å². The molecule has 0 aliphatic heterocycles. The van der Waals surface area contributed by atoms with Gasteiger partial charge in [0.1, 0.15) is 24.7 Å². The average Bonchev–Trinajstić information content (AvgIpc) is 2.45. The van der Waals surface area contributed by atoms with Gasteiger partial charge in [-0.3, -0.25) is 0 Å². The molecule has 0 unspecified atom stereocenters. The molecule has 0 heterocycles. The first kappa shape index (κ1) is 15.5. The van der Waals surface area contributed by atoms with E-state index in [1.807, 2.05) is 18.2 Å². The molecule has 0 radical (unpaired) electrons. The maximum Gasteiger partial charge on any atom is 0.142 e. The number of para-hydroxylation sites is 1. The zero-order valence-electron chi connectivity index (χ0n) is 12.3. The fourth-order valence-electron chi connectivity index (χ4n) is 2.04. The molecule has 0 aromatic heterocycles. The molecule has 0 bridgehead atoms. The van der Waals surface area contributed by atoms with Crippen LogP contribution in [0.4, 0.5) is 5.69 Å². The zero-order valence-corrected chi connectivity index (χ0v) is 13.1. The highest BCUT2D eigenvalue weighted by molar-refractivity contribution is 6.30. The smallest absolute Gasteiger partial charge is 0.142 e. The van der Waals surface area contributed by atoms with Gasteiger partial charge in [-0.15, -0.1) is 0 Å².